The number of carbonyl (C=O) groups is 1. The van der Waals surface area contributed by atoms with Gasteiger partial charge in [0.05, 0.1) is 6.54 Å². The normalized spacial score (nSPS) is 21.4. The van der Waals surface area contributed by atoms with Gasteiger partial charge in [-0.1, -0.05) is 35.9 Å². The average molecular weight is 420 g/mol. The Labute approximate surface area is 185 Å². The van der Waals surface area contributed by atoms with Gasteiger partial charge in [-0.25, -0.2) is 0 Å². The van der Waals surface area contributed by atoms with Crippen molar-refractivity contribution in [2.24, 2.45) is 0 Å². The third-order valence-electron chi connectivity index (χ3n) is 7.41. The highest BCUT2D eigenvalue weighted by atomic mass is 16.5. The van der Waals surface area contributed by atoms with Crippen molar-refractivity contribution in [1.82, 2.24) is 9.80 Å². The van der Waals surface area contributed by atoms with Gasteiger partial charge in [0, 0.05) is 57.0 Å². The number of aryl methyl sites for hydroxylation is 1. The van der Waals surface area contributed by atoms with E-state index in [1.165, 1.54) is 22.3 Å². The SMILES string of the molecule is Cc1ccc(-c2ccc3c(c2)C2(CCOCC2)CN3C(=O)CN2CCN(C)CC2)cc1. The van der Waals surface area contributed by atoms with Crippen molar-refractivity contribution in [2.75, 3.05) is 64.4 Å². The Morgan fingerprint density at radius 2 is 1.65 bits per heavy atom. The number of benzene rings is 2. The zero-order valence-corrected chi connectivity index (χ0v) is 18.8. The molecule has 2 saturated heterocycles. The smallest absolute Gasteiger partial charge is 0.241 e. The van der Waals surface area contributed by atoms with Gasteiger partial charge in [-0.3, -0.25) is 9.69 Å². The largest absolute Gasteiger partial charge is 0.381 e. The predicted octanol–water partition coefficient (Wildman–Crippen LogP) is 3.30. The minimum Gasteiger partial charge on any atom is -0.381 e. The quantitative estimate of drug-likeness (QED) is 0.765. The Morgan fingerprint density at radius 1 is 0.968 bits per heavy atom. The molecule has 5 rings (SSSR count). The maximum Gasteiger partial charge on any atom is 0.241 e. The highest BCUT2D eigenvalue weighted by Crippen LogP contribution is 2.48. The van der Waals surface area contributed by atoms with Gasteiger partial charge in [0.1, 0.15) is 0 Å². The van der Waals surface area contributed by atoms with Crippen LogP contribution in [0, 0.1) is 6.92 Å². The van der Waals surface area contributed by atoms with Crippen molar-refractivity contribution in [3.05, 3.63) is 53.6 Å². The zero-order chi connectivity index (χ0) is 21.4. The van der Waals surface area contributed by atoms with Crippen LogP contribution >= 0.6 is 0 Å². The molecule has 2 aromatic rings. The van der Waals surface area contributed by atoms with Crippen LogP contribution in [0.15, 0.2) is 42.5 Å². The summed E-state index contributed by atoms with van der Waals surface area (Å²) in [6.45, 7) is 8.96. The second-order valence-electron chi connectivity index (χ2n) is 9.55. The summed E-state index contributed by atoms with van der Waals surface area (Å²) in [5.41, 5.74) is 6.20. The molecule has 0 bridgehead atoms. The van der Waals surface area contributed by atoms with Gasteiger partial charge >= 0.3 is 0 Å². The fraction of sp³-hybridized carbons (Fsp3) is 0.500. The number of carbonyl (C=O) groups excluding carboxylic acids is 1. The second-order valence-corrected chi connectivity index (χ2v) is 9.55. The molecule has 3 aliphatic heterocycles. The maximum atomic E-state index is 13.4. The van der Waals surface area contributed by atoms with Crippen LogP contribution in [0.4, 0.5) is 5.69 Å². The van der Waals surface area contributed by atoms with Crippen LogP contribution in [0.2, 0.25) is 0 Å². The van der Waals surface area contributed by atoms with Crippen LogP contribution in [-0.4, -0.2) is 75.2 Å². The maximum absolute atomic E-state index is 13.4. The summed E-state index contributed by atoms with van der Waals surface area (Å²) >= 11 is 0. The number of likely N-dealkylation sites (N-methyl/N-ethyl adjacent to an activating group) is 1. The Hall–Kier alpha value is -2.21. The Morgan fingerprint density at radius 3 is 2.35 bits per heavy atom. The van der Waals surface area contributed by atoms with Gasteiger partial charge in [-0.2, -0.15) is 0 Å². The molecule has 0 N–H and O–H groups in total. The van der Waals surface area contributed by atoms with Gasteiger partial charge < -0.3 is 14.5 Å². The van der Waals surface area contributed by atoms with Crippen LogP contribution in [0.1, 0.15) is 24.0 Å². The van der Waals surface area contributed by atoms with E-state index in [2.05, 4.69) is 71.1 Å². The molecule has 5 heteroatoms. The molecule has 1 spiro atoms. The molecule has 31 heavy (non-hydrogen) atoms. The molecule has 0 aromatic heterocycles. The van der Waals surface area contributed by atoms with Crippen molar-refractivity contribution in [1.29, 1.82) is 0 Å². The van der Waals surface area contributed by atoms with E-state index in [9.17, 15) is 4.79 Å². The van der Waals surface area contributed by atoms with Crippen molar-refractivity contribution < 1.29 is 9.53 Å². The molecule has 0 aliphatic carbocycles. The van der Waals surface area contributed by atoms with Gasteiger partial charge in [0.2, 0.25) is 5.91 Å². The number of rotatable bonds is 3. The molecule has 0 atom stereocenters. The first-order valence-corrected chi connectivity index (χ1v) is 11.5. The Kier molecular flexibility index (Phi) is 5.59. The topological polar surface area (TPSA) is 36.0 Å². The van der Waals surface area contributed by atoms with Crippen molar-refractivity contribution in [3.8, 4) is 11.1 Å². The molecule has 5 nitrogen and oxygen atoms in total. The minimum atomic E-state index is 0.0199. The zero-order valence-electron chi connectivity index (χ0n) is 18.8. The number of anilines is 1. The van der Waals surface area contributed by atoms with E-state index >= 15 is 0 Å². The molecule has 3 aliphatic rings. The predicted molar refractivity (Wildman–Crippen MR) is 125 cm³/mol. The lowest BCUT2D eigenvalue weighted by Gasteiger charge is -2.35. The highest BCUT2D eigenvalue weighted by Gasteiger charge is 2.45. The van der Waals surface area contributed by atoms with Crippen LogP contribution in [-0.2, 0) is 14.9 Å². The molecular formula is C26H33N3O2. The van der Waals surface area contributed by atoms with Crippen molar-refractivity contribution in [3.63, 3.8) is 0 Å². The molecule has 0 unspecified atom stereocenters. The van der Waals surface area contributed by atoms with E-state index in [0.717, 1.165) is 64.5 Å². The molecule has 3 heterocycles. The van der Waals surface area contributed by atoms with Crippen LogP contribution in [0.3, 0.4) is 0 Å². The third kappa shape index (κ3) is 4.02. The number of hydrogen-bond acceptors (Lipinski definition) is 4. The molecule has 2 fully saturated rings. The van der Waals surface area contributed by atoms with E-state index in [0.29, 0.717) is 6.54 Å². The van der Waals surface area contributed by atoms with Crippen LogP contribution < -0.4 is 4.90 Å². The van der Waals surface area contributed by atoms with Gasteiger partial charge in [-0.05, 0) is 55.6 Å². The summed E-state index contributed by atoms with van der Waals surface area (Å²) in [7, 11) is 2.15. The molecule has 0 radical (unpaired) electrons. The highest BCUT2D eigenvalue weighted by molar-refractivity contribution is 5.98. The molecule has 164 valence electrons. The van der Waals surface area contributed by atoms with Gasteiger partial charge in [-0.15, -0.1) is 0 Å². The Bertz CT molecular complexity index is 942. The fourth-order valence-electron chi connectivity index (χ4n) is 5.29. The van der Waals surface area contributed by atoms with Crippen molar-refractivity contribution in [2.45, 2.75) is 25.2 Å². The van der Waals surface area contributed by atoms with Gasteiger partial charge in [0.25, 0.3) is 0 Å². The first-order valence-electron chi connectivity index (χ1n) is 11.5. The second kappa shape index (κ2) is 8.38. The number of ether oxygens (including phenoxy) is 1. The number of fused-ring (bicyclic) bond motifs is 2. The van der Waals surface area contributed by atoms with Crippen molar-refractivity contribution >= 4 is 11.6 Å². The average Bonchev–Trinajstić information content (AvgIpc) is 3.10. The number of hydrogen-bond donors (Lipinski definition) is 0. The lowest BCUT2D eigenvalue weighted by Crippen LogP contribution is -2.49. The molecule has 2 aromatic carbocycles. The van der Waals surface area contributed by atoms with Crippen LogP contribution in [0.5, 0.6) is 0 Å². The summed E-state index contributed by atoms with van der Waals surface area (Å²) in [6.07, 6.45) is 1.96. The van der Waals surface area contributed by atoms with Gasteiger partial charge in [0.15, 0.2) is 0 Å². The number of amides is 1. The molecular weight excluding hydrogens is 386 g/mol. The van der Waals surface area contributed by atoms with E-state index < -0.39 is 0 Å². The fourth-order valence-corrected chi connectivity index (χ4v) is 5.29. The summed E-state index contributed by atoms with van der Waals surface area (Å²) in [5.74, 6) is 0.234. The lowest BCUT2D eigenvalue weighted by atomic mass is 9.75. The number of piperazine rings is 1. The summed E-state index contributed by atoms with van der Waals surface area (Å²) < 4.78 is 5.71. The van der Waals surface area contributed by atoms with E-state index in [1.54, 1.807) is 0 Å². The Balaban J connectivity index is 1.45. The lowest BCUT2D eigenvalue weighted by molar-refractivity contribution is -0.120. The number of nitrogens with zero attached hydrogens (tertiary/aromatic N) is 3. The first kappa shape index (κ1) is 20.7. The first-order chi connectivity index (χ1) is 15.0. The van der Waals surface area contributed by atoms with E-state index in [1.807, 2.05) is 0 Å². The van der Waals surface area contributed by atoms with E-state index in [-0.39, 0.29) is 11.3 Å². The molecule has 1 amide bonds. The van der Waals surface area contributed by atoms with Crippen LogP contribution in [0.25, 0.3) is 11.1 Å². The molecule has 0 saturated carbocycles. The monoisotopic (exact) mass is 419 g/mol. The summed E-state index contributed by atoms with van der Waals surface area (Å²) in [5, 5.41) is 0. The van der Waals surface area contributed by atoms with E-state index in [4.69, 9.17) is 4.74 Å². The summed E-state index contributed by atoms with van der Waals surface area (Å²) in [6, 6.07) is 15.4. The standard InChI is InChI=1S/C26H33N3O2/c1-20-3-5-21(6-4-20)22-7-8-24-23(17-22)26(9-15-31-16-10-26)19-29(24)25(30)18-28-13-11-27(2)12-14-28/h3-8,17H,9-16,18-19H2,1-2H3. The summed E-state index contributed by atoms with van der Waals surface area (Å²) in [4.78, 5) is 20.1. The third-order valence-corrected chi connectivity index (χ3v) is 7.41. The minimum absolute atomic E-state index is 0.0199.